The molecule has 0 aliphatic heterocycles. The molecule has 0 bridgehead atoms. The van der Waals surface area contributed by atoms with Gasteiger partial charge in [-0.25, -0.2) is 0 Å². The summed E-state index contributed by atoms with van der Waals surface area (Å²) in [5, 5.41) is 5.19. The van der Waals surface area contributed by atoms with E-state index in [2.05, 4.69) is 10.6 Å². The standard InChI is InChI=1S/C12H20N4O2/c1-8(2)16-7-9(13)6-10(16)12(18)15-5-4-11(17)14-3/h6-8H,4-5,13H2,1-3H3,(H,14,17)(H,15,18). The molecule has 0 unspecified atom stereocenters. The number of nitrogens with one attached hydrogen (secondary N) is 2. The van der Waals surface area contributed by atoms with Gasteiger partial charge in [0.15, 0.2) is 0 Å². The summed E-state index contributed by atoms with van der Waals surface area (Å²) >= 11 is 0. The number of anilines is 1. The van der Waals surface area contributed by atoms with Crippen molar-refractivity contribution < 1.29 is 9.59 Å². The number of nitrogens with zero attached hydrogens (tertiary/aromatic N) is 1. The van der Waals surface area contributed by atoms with Gasteiger partial charge in [-0.1, -0.05) is 0 Å². The second-order valence-corrected chi connectivity index (χ2v) is 4.34. The van der Waals surface area contributed by atoms with Gasteiger partial charge in [0, 0.05) is 32.3 Å². The van der Waals surface area contributed by atoms with Gasteiger partial charge in [-0.05, 0) is 19.9 Å². The Bertz CT molecular complexity index is 437. The Morgan fingerprint density at radius 3 is 2.67 bits per heavy atom. The van der Waals surface area contributed by atoms with Crippen LogP contribution in [0.4, 0.5) is 5.69 Å². The van der Waals surface area contributed by atoms with E-state index in [1.165, 1.54) is 0 Å². The Morgan fingerprint density at radius 2 is 2.11 bits per heavy atom. The summed E-state index contributed by atoms with van der Waals surface area (Å²) in [5.41, 5.74) is 6.76. The molecule has 0 saturated carbocycles. The fraction of sp³-hybridized carbons (Fsp3) is 0.500. The van der Waals surface area contributed by atoms with E-state index < -0.39 is 0 Å². The number of aromatic nitrogens is 1. The summed E-state index contributed by atoms with van der Waals surface area (Å²) < 4.78 is 1.81. The van der Waals surface area contributed by atoms with Crippen LogP contribution in [-0.2, 0) is 4.79 Å². The predicted molar refractivity (Wildman–Crippen MR) is 70.2 cm³/mol. The summed E-state index contributed by atoms with van der Waals surface area (Å²) in [5.74, 6) is -0.321. The molecule has 18 heavy (non-hydrogen) atoms. The minimum absolute atomic E-state index is 0.103. The van der Waals surface area contributed by atoms with E-state index in [4.69, 9.17) is 5.73 Å². The number of hydrogen-bond donors (Lipinski definition) is 3. The van der Waals surface area contributed by atoms with Crippen molar-refractivity contribution in [1.82, 2.24) is 15.2 Å². The first-order valence-electron chi connectivity index (χ1n) is 5.91. The molecule has 4 N–H and O–H groups in total. The first kappa shape index (κ1) is 14.1. The fourth-order valence-electron chi connectivity index (χ4n) is 1.61. The summed E-state index contributed by atoms with van der Waals surface area (Å²) in [6.07, 6.45) is 2.00. The van der Waals surface area contributed by atoms with Gasteiger partial charge in [0.25, 0.3) is 5.91 Å². The first-order chi connectivity index (χ1) is 8.45. The Labute approximate surface area is 107 Å². The number of carbonyl (C=O) groups excluding carboxylic acids is 2. The highest BCUT2D eigenvalue weighted by molar-refractivity contribution is 5.94. The molecule has 0 atom stereocenters. The molecule has 1 rings (SSSR count). The van der Waals surface area contributed by atoms with Crippen molar-refractivity contribution >= 4 is 17.5 Å². The van der Waals surface area contributed by atoms with Gasteiger partial charge in [0.1, 0.15) is 5.69 Å². The number of rotatable bonds is 5. The van der Waals surface area contributed by atoms with Gasteiger partial charge in [-0.15, -0.1) is 0 Å². The van der Waals surface area contributed by atoms with Gasteiger partial charge < -0.3 is 20.9 Å². The Balaban J connectivity index is 2.64. The summed E-state index contributed by atoms with van der Waals surface area (Å²) in [6, 6.07) is 1.79. The molecule has 0 aliphatic rings. The lowest BCUT2D eigenvalue weighted by atomic mass is 10.3. The van der Waals surface area contributed by atoms with Gasteiger partial charge >= 0.3 is 0 Å². The lowest BCUT2D eigenvalue weighted by molar-refractivity contribution is -0.120. The van der Waals surface area contributed by atoms with Gasteiger partial charge in [-0.3, -0.25) is 9.59 Å². The second kappa shape index (κ2) is 6.09. The zero-order valence-corrected chi connectivity index (χ0v) is 11.0. The number of nitrogens with two attached hydrogens (primary N) is 1. The second-order valence-electron chi connectivity index (χ2n) is 4.34. The van der Waals surface area contributed by atoms with Crippen molar-refractivity contribution in [2.45, 2.75) is 26.3 Å². The Hall–Kier alpha value is -1.98. The van der Waals surface area contributed by atoms with Crippen LogP contribution < -0.4 is 16.4 Å². The van der Waals surface area contributed by atoms with Gasteiger partial charge in [-0.2, -0.15) is 0 Å². The molecule has 0 radical (unpaired) electrons. The largest absolute Gasteiger partial charge is 0.397 e. The summed E-state index contributed by atoms with van der Waals surface area (Å²) in [7, 11) is 1.56. The van der Waals surface area contributed by atoms with Crippen molar-refractivity contribution in [3.63, 3.8) is 0 Å². The lowest BCUT2D eigenvalue weighted by Gasteiger charge is -2.12. The average molecular weight is 252 g/mol. The zero-order chi connectivity index (χ0) is 13.7. The molecule has 0 saturated heterocycles. The maximum absolute atomic E-state index is 11.9. The van der Waals surface area contributed by atoms with Crippen LogP contribution >= 0.6 is 0 Å². The molecular weight excluding hydrogens is 232 g/mol. The molecule has 0 spiro atoms. The van der Waals surface area contributed by atoms with Crippen LogP contribution in [0.3, 0.4) is 0 Å². The average Bonchev–Trinajstić information content (AvgIpc) is 2.71. The molecule has 0 aromatic carbocycles. The van der Waals surface area contributed by atoms with Crippen molar-refractivity contribution in [2.24, 2.45) is 0 Å². The maximum atomic E-state index is 11.9. The van der Waals surface area contributed by atoms with Gasteiger partial charge in [0.05, 0.1) is 5.69 Å². The molecular formula is C12H20N4O2. The van der Waals surface area contributed by atoms with Crippen LogP contribution in [-0.4, -0.2) is 30.0 Å². The van der Waals surface area contributed by atoms with E-state index in [-0.39, 0.29) is 24.3 Å². The maximum Gasteiger partial charge on any atom is 0.268 e. The number of nitrogen functional groups attached to an aromatic ring is 1. The van der Waals surface area contributed by atoms with Crippen LogP contribution in [0, 0.1) is 0 Å². The number of carbonyl (C=O) groups is 2. The Kier molecular flexibility index (Phi) is 4.76. The van der Waals surface area contributed by atoms with E-state index in [9.17, 15) is 9.59 Å². The highest BCUT2D eigenvalue weighted by Crippen LogP contribution is 2.16. The third-order valence-corrected chi connectivity index (χ3v) is 2.58. The SMILES string of the molecule is CNC(=O)CCNC(=O)c1cc(N)cn1C(C)C. The van der Waals surface area contributed by atoms with E-state index in [0.29, 0.717) is 17.9 Å². The van der Waals surface area contributed by atoms with E-state index in [1.807, 2.05) is 18.4 Å². The highest BCUT2D eigenvalue weighted by Gasteiger charge is 2.14. The van der Waals surface area contributed by atoms with E-state index in [0.717, 1.165) is 0 Å². The highest BCUT2D eigenvalue weighted by atomic mass is 16.2. The number of hydrogen-bond acceptors (Lipinski definition) is 3. The zero-order valence-electron chi connectivity index (χ0n) is 11.0. The molecule has 2 amide bonds. The van der Waals surface area contributed by atoms with Crippen molar-refractivity contribution in [3.8, 4) is 0 Å². The van der Waals surface area contributed by atoms with Crippen molar-refractivity contribution in [3.05, 3.63) is 18.0 Å². The van der Waals surface area contributed by atoms with E-state index in [1.54, 1.807) is 19.3 Å². The molecule has 0 aliphatic carbocycles. The van der Waals surface area contributed by atoms with Gasteiger partial charge in [0.2, 0.25) is 5.91 Å². The topological polar surface area (TPSA) is 89.2 Å². The van der Waals surface area contributed by atoms with E-state index >= 15 is 0 Å². The molecule has 1 heterocycles. The molecule has 1 aromatic heterocycles. The lowest BCUT2D eigenvalue weighted by Crippen LogP contribution is -2.30. The summed E-state index contributed by atoms with van der Waals surface area (Å²) in [6.45, 7) is 4.25. The quantitative estimate of drug-likeness (QED) is 0.713. The van der Waals surface area contributed by atoms with Crippen LogP contribution in [0.15, 0.2) is 12.3 Å². The molecule has 0 fully saturated rings. The minimum Gasteiger partial charge on any atom is -0.397 e. The third-order valence-electron chi connectivity index (χ3n) is 2.58. The molecule has 6 nitrogen and oxygen atoms in total. The fourth-order valence-corrected chi connectivity index (χ4v) is 1.61. The molecule has 1 aromatic rings. The van der Waals surface area contributed by atoms with Crippen molar-refractivity contribution in [1.29, 1.82) is 0 Å². The minimum atomic E-state index is -0.218. The third kappa shape index (κ3) is 3.51. The normalized spacial score (nSPS) is 10.4. The van der Waals surface area contributed by atoms with Crippen LogP contribution in [0.5, 0.6) is 0 Å². The van der Waals surface area contributed by atoms with Crippen molar-refractivity contribution in [2.75, 3.05) is 19.3 Å². The van der Waals surface area contributed by atoms with Crippen LogP contribution in [0.2, 0.25) is 0 Å². The van der Waals surface area contributed by atoms with Crippen LogP contribution in [0.1, 0.15) is 36.8 Å². The van der Waals surface area contributed by atoms with Crippen LogP contribution in [0.25, 0.3) is 0 Å². The molecule has 100 valence electrons. The monoisotopic (exact) mass is 252 g/mol. The smallest absolute Gasteiger partial charge is 0.268 e. The first-order valence-corrected chi connectivity index (χ1v) is 5.91. The predicted octanol–water partition coefficient (Wildman–Crippen LogP) is 0.517. The molecule has 6 heteroatoms. The number of amides is 2. The Morgan fingerprint density at radius 1 is 1.44 bits per heavy atom. The summed E-state index contributed by atoms with van der Waals surface area (Å²) in [4.78, 5) is 23.0.